The molecule has 0 radical (unpaired) electrons. The molecule has 0 spiro atoms. The van der Waals surface area contributed by atoms with Crippen molar-refractivity contribution in [3.8, 4) is 0 Å². The van der Waals surface area contributed by atoms with Crippen LogP contribution in [0.1, 0.15) is 0 Å². The van der Waals surface area contributed by atoms with Gasteiger partial charge in [-0.2, -0.15) is 0 Å². The summed E-state index contributed by atoms with van der Waals surface area (Å²) in [7, 11) is 0. The lowest BCUT2D eigenvalue weighted by Crippen LogP contribution is -2.24. The SMILES string of the molecule is O=c1n(CCNc2cc([N+](=O)[O-])ccc2NCCO)nc2ccccn12. The molecule has 3 aromatic rings. The number of aromatic nitrogens is 3. The van der Waals surface area contributed by atoms with Crippen molar-refractivity contribution in [3.05, 3.63) is 63.2 Å². The smallest absolute Gasteiger partial charge is 0.350 e. The number of nitrogens with zero attached hydrogens (tertiary/aromatic N) is 4. The Bertz CT molecular complexity index is 980. The van der Waals surface area contributed by atoms with Crippen LogP contribution in [-0.2, 0) is 6.54 Å². The minimum atomic E-state index is -0.479. The molecule has 2 heterocycles. The monoisotopic (exact) mass is 358 g/mol. The van der Waals surface area contributed by atoms with Gasteiger partial charge in [-0.1, -0.05) is 6.07 Å². The van der Waals surface area contributed by atoms with Gasteiger partial charge in [0.1, 0.15) is 0 Å². The Labute approximate surface area is 147 Å². The lowest BCUT2D eigenvalue weighted by atomic mass is 10.2. The fourth-order valence-electron chi connectivity index (χ4n) is 2.55. The van der Waals surface area contributed by atoms with Crippen LogP contribution >= 0.6 is 0 Å². The van der Waals surface area contributed by atoms with Gasteiger partial charge in [0.15, 0.2) is 5.65 Å². The van der Waals surface area contributed by atoms with Crippen molar-refractivity contribution in [2.75, 3.05) is 30.3 Å². The molecule has 10 heteroatoms. The van der Waals surface area contributed by atoms with Crippen molar-refractivity contribution in [2.24, 2.45) is 0 Å². The van der Waals surface area contributed by atoms with Gasteiger partial charge in [0.05, 0.1) is 29.4 Å². The highest BCUT2D eigenvalue weighted by Gasteiger charge is 2.11. The highest BCUT2D eigenvalue weighted by molar-refractivity contribution is 5.71. The molecule has 0 unspecified atom stereocenters. The predicted octanol–water partition coefficient (Wildman–Crippen LogP) is 0.920. The molecule has 136 valence electrons. The van der Waals surface area contributed by atoms with Crippen LogP contribution in [0.3, 0.4) is 0 Å². The van der Waals surface area contributed by atoms with Crippen LogP contribution in [0.15, 0.2) is 47.4 Å². The molecular formula is C16H18N6O4. The molecule has 0 fully saturated rings. The zero-order chi connectivity index (χ0) is 18.5. The Hall–Kier alpha value is -3.40. The van der Waals surface area contributed by atoms with Crippen LogP contribution in [0.4, 0.5) is 17.1 Å². The molecule has 0 amide bonds. The van der Waals surface area contributed by atoms with Crippen LogP contribution in [0.2, 0.25) is 0 Å². The van der Waals surface area contributed by atoms with E-state index < -0.39 is 4.92 Å². The molecule has 0 aliphatic rings. The van der Waals surface area contributed by atoms with Gasteiger partial charge in [-0.05, 0) is 18.2 Å². The molecule has 3 N–H and O–H groups in total. The quantitative estimate of drug-likeness (QED) is 0.404. The number of nitro groups is 1. The Morgan fingerprint density at radius 2 is 1.96 bits per heavy atom. The molecule has 10 nitrogen and oxygen atoms in total. The van der Waals surface area contributed by atoms with Crippen molar-refractivity contribution >= 4 is 22.7 Å². The predicted molar refractivity (Wildman–Crippen MR) is 96.6 cm³/mol. The molecule has 26 heavy (non-hydrogen) atoms. The van der Waals surface area contributed by atoms with Gasteiger partial charge in [0.2, 0.25) is 0 Å². The van der Waals surface area contributed by atoms with Crippen molar-refractivity contribution in [1.29, 1.82) is 0 Å². The third-order valence-corrected chi connectivity index (χ3v) is 3.77. The molecule has 0 aliphatic heterocycles. The first-order valence-electron chi connectivity index (χ1n) is 8.01. The molecule has 0 bridgehead atoms. The lowest BCUT2D eigenvalue weighted by molar-refractivity contribution is -0.384. The number of aliphatic hydroxyl groups is 1. The molecule has 0 saturated heterocycles. The fourth-order valence-corrected chi connectivity index (χ4v) is 2.55. The van der Waals surface area contributed by atoms with Crippen LogP contribution in [0.5, 0.6) is 0 Å². The second-order valence-electron chi connectivity index (χ2n) is 5.50. The summed E-state index contributed by atoms with van der Waals surface area (Å²) >= 11 is 0. The average molecular weight is 358 g/mol. The highest BCUT2D eigenvalue weighted by Crippen LogP contribution is 2.26. The average Bonchev–Trinajstić information content (AvgIpc) is 2.96. The van der Waals surface area contributed by atoms with Gasteiger partial charge in [0.25, 0.3) is 5.69 Å². The molecule has 2 aromatic heterocycles. The zero-order valence-corrected chi connectivity index (χ0v) is 13.8. The van der Waals surface area contributed by atoms with Crippen molar-refractivity contribution in [1.82, 2.24) is 14.2 Å². The van der Waals surface area contributed by atoms with E-state index in [9.17, 15) is 14.9 Å². The largest absolute Gasteiger partial charge is 0.395 e. The number of hydrogen-bond donors (Lipinski definition) is 3. The standard InChI is InChI=1S/C16H18N6O4/c23-10-7-18-13-5-4-12(22(25)26)11-14(13)17-6-9-21-16(24)20-8-2-1-3-15(20)19-21/h1-5,8,11,17-18,23H,6-7,9-10H2. The second-order valence-corrected chi connectivity index (χ2v) is 5.50. The summed E-state index contributed by atoms with van der Waals surface area (Å²) in [6, 6.07) is 9.66. The van der Waals surface area contributed by atoms with E-state index in [2.05, 4.69) is 15.7 Å². The first kappa shape index (κ1) is 17.4. The summed E-state index contributed by atoms with van der Waals surface area (Å²) in [6.07, 6.45) is 1.64. The topological polar surface area (TPSA) is 127 Å². The molecule has 0 aliphatic carbocycles. The first-order valence-corrected chi connectivity index (χ1v) is 8.01. The van der Waals surface area contributed by atoms with E-state index in [1.807, 2.05) is 0 Å². The highest BCUT2D eigenvalue weighted by atomic mass is 16.6. The van der Waals surface area contributed by atoms with E-state index in [4.69, 9.17) is 5.11 Å². The van der Waals surface area contributed by atoms with Crippen LogP contribution in [0, 0.1) is 10.1 Å². The molecule has 1 aromatic carbocycles. The van der Waals surface area contributed by atoms with Crippen molar-refractivity contribution < 1.29 is 10.0 Å². The molecule has 0 atom stereocenters. The number of pyridine rings is 1. The van der Waals surface area contributed by atoms with E-state index in [-0.39, 0.29) is 18.0 Å². The number of hydrogen-bond acceptors (Lipinski definition) is 7. The number of nitro benzene ring substituents is 1. The summed E-state index contributed by atoms with van der Waals surface area (Å²) in [4.78, 5) is 22.7. The Kier molecular flexibility index (Phi) is 5.13. The second kappa shape index (κ2) is 7.66. The van der Waals surface area contributed by atoms with Gasteiger partial charge < -0.3 is 15.7 Å². The van der Waals surface area contributed by atoms with Crippen molar-refractivity contribution in [2.45, 2.75) is 6.54 Å². The normalized spacial score (nSPS) is 10.8. The minimum Gasteiger partial charge on any atom is -0.395 e. The van der Waals surface area contributed by atoms with Gasteiger partial charge in [-0.3, -0.25) is 14.5 Å². The van der Waals surface area contributed by atoms with E-state index in [1.54, 1.807) is 30.5 Å². The van der Waals surface area contributed by atoms with Gasteiger partial charge in [0, 0.05) is 31.4 Å². The maximum Gasteiger partial charge on any atom is 0.350 e. The number of non-ortho nitro benzene ring substituents is 1. The van der Waals surface area contributed by atoms with E-state index in [1.165, 1.54) is 21.2 Å². The van der Waals surface area contributed by atoms with Gasteiger partial charge in [-0.25, -0.2) is 9.48 Å². The summed E-state index contributed by atoms with van der Waals surface area (Å²) < 4.78 is 2.78. The number of benzene rings is 1. The third kappa shape index (κ3) is 3.64. The van der Waals surface area contributed by atoms with Crippen LogP contribution in [0.25, 0.3) is 5.65 Å². The van der Waals surface area contributed by atoms with Crippen molar-refractivity contribution in [3.63, 3.8) is 0 Å². The summed E-state index contributed by atoms with van der Waals surface area (Å²) in [5, 5.41) is 30.2. The van der Waals surface area contributed by atoms with Gasteiger partial charge >= 0.3 is 5.69 Å². The summed E-state index contributed by atoms with van der Waals surface area (Å²) in [6.45, 7) is 0.896. The van der Waals surface area contributed by atoms with Crippen LogP contribution < -0.4 is 16.3 Å². The summed E-state index contributed by atoms with van der Waals surface area (Å²) in [5.74, 6) is 0. The fraction of sp³-hybridized carbons (Fsp3) is 0.250. The number of fused-ring (bicyclic) bond motifs is 1. The van der Waals surface area contributed by atoms with E-state index in [0.717, 1.165) is 0 Å². The number of rotatable bonds is 8. The van der Waals surface area contributed by atoms with Crippen LogP contribution in [-0.4, -0.2) is 43.9 Å². The van der Waals surface area contributed by atoms with Gasteiger partial charge in [-0.15, -0.1) is 5.10 Å². The number of aliphatic hydroxyl groups excluding tert-OH is 1. The number of anilines is 2. The zero-order valence-electron chi connectivity index (χ0n) is 13.8. The number of nitrogens with one attached hydrogen (secondary N) is 2. The Morgan fingerprint density at radius 1 is 1.15 bits per heavy atom. The van der Waals surface area contributed by atoms with E-state index >= 15 is 0 Å². The maximum atomic E-state index is 12.2. The molecular weight excluding hydrogens is 340 g/mol. The first-order chi connectivity index (χ1) is 12.6. The Balaban J connectivity index is 1.75. The summed E-state index contributed by atoms with van der Waals surface area (Å²) in [5.41, 5.74) is 1.40. The maximum absolute atomic E-state index is 12.2. The molecule has 3 rings (SSSR count). The van der Waals surface area contributed by atoms with E-state index in [0.29, 0.717) is 36.7 Å². The minimum absolute atomic E-state index is 0.0491. The third-order valence-electron chi connectivity index (χ3n) is 3.77. The Morgan fingerprint density at radius 3 is 2.69 bits per heavy atom. The lowest BCUT2D eigenvalue weighted by Gasteiger charge is -2.13. The molecule has 0 saturated carbocycles.